The second-order valence-electron chi connectivity index (χ2n) is 6.03. The number of benzene rings is 1. The van der Waals surface area contributed by atoms with Gasteiger partial charge in [-0.15, -0.1) is 0 Å². The van der Waals surface area contributed by atoms with E-state index in [1.807, 2.05) is 11.8 Å². The van der Waals surface area contributed by atoms with Crippen LogP contribution in [0.3, 0.4) is 0 Å². The molecule has 1 aromatic rings. The first kappa shape index (κ1) is 15.5. The molecule has 0 amide bonds. The van der Waals surface area contributed by atoms with Crippen LogP contribution < -0.4 is 15.0 Å². The summed E-state index contributed by atoms with van der Waals surface area (Å²) in [7, 11) is 1.77. The van der Waals surface area contributed by atoms with E-state index in [0.29, 0.717) is 18.0 Å². The molecule has 1 saturated heterocycles. The molecule has 0 unspecified atom stereocenters. The number of alkyl halides is 3. The Hall–Kier alpha value is -1.43. The molecule has 22 heavy (non-hydrogen) atoms. The number of nitrogens with zero attached hydrogens (tertiary/aromatic N) is 1. The first-order valence-electron chi connectivity index (χ1n) is 7.75. The average molecular weight is 314 g/mol. The van der Waals surface area contributed by atoms with Crippen LogP contribution in [0, 0.1) is 0 Å². The Morgan fingerprint density at radius 1 is 1.36 bits per heavy atom. The molecule has 6 heteroatoms. The largest absolute Gasteiger partial charge is 0.494 e. The Labute approximate surface area is 128 Å². The maximum Gasteiger partial charge on any atom is 0.418 e. The summed E-state index contributed by atoms with van der Waals surface area (Å²) in [4.78, 5) is 1.81. The number of hydrogen-bond acceptors (Lipinski definition) is 3. The van der Waals surface area contributed by atoms with Crippen LogP contribution in [0.25, 0.3) is 0 Å². The average Bonchev–Trinajstić information content (AvgIpc) is 2.77. The highest BCUT2D eigenvalue weighted by atomic mass is 19.4. The first-order valence-corrected chi connectivity index (χ1v) is 7.75. The van der Waals surface area contributed by atoms with Gasteiger partial charge in [0.25, 0.3) is 0 Å². The zero-order valence-corrected chi connectivity index (χ0v) is 12.8. The minimum Gasteiger partial charge on any atom is -0.494 e. The molecular weight excluding hydrogens is 293 g/mol. The fraction of sp³-hybridized carbons (Fsp3) is 0.625. The molecule has 0 radical (unpaired) electrons. The molecule has 3 nitrogen and oxygen atoms in total. The maximum absolute atomic E-state index is 13.5. The SMILES string of the molecule is CCCOc1cc2c(c(C(F)(F)F)c1)N(C)[C@H]1CCNC[C@@H]21. The number of hydrogen-bond donors (Lipinski definition) is 1. The minimum absolute atomic E-state index is 0.0972. The number of rotatable bonds is 3. The summed E-state index contributed by atoms with van der Waals surface area (Å²) in [5, 5.41) is 3.29. The standard InChI is InChI=1S/C16H21F3N2O/c1-3-6-22-10-7-11-12-9-20-5-4-14(12)21(2)15(11)13(8-10)16(17,18)19/h7-8,12,14,20H,3-6,9H2,1-2H3/t12-,14-/m0/s1. The van der Waals surface area contributed by atoms with E-state index in [-0.39, 0.29) is 12.0 Å². The van der Waals surface area contributed by atoms with E-state index >= 15 is 0 Å². The molecule has 1 N–H and O–H groups in total. The predicted octanol–water partition coefficient (Wildman–Crippen LogP) is 3.39. The third-order valence-electron chi connectivity index (χ3n) is 4.59. The van der Waals surface area contributed by atoms with E-state index in [1.165, 1.54) is 0 Å². The van der Waals surface area contributed by atoms with Gasteiger partial charge in [0, 0.05) is 25.6 Å². The molecule has 0 saturated carbocycles. The molecule has 1 fully saturated rings. The van der Waals surface area contributed by atoms with Crippen molar-refractivity contribution in [3.05, 3.63) is 23.3 Å². The van der Waals surface area contributed by atoms with Gasteiger partial charge in [0.2, 0.25) is 0 Å². The monoisotopic (exact) mass is 314 g/mol. The molecule has 0 bridgehead atoms. The molecule has 2 aliphatic heterocycles. The molecule has 0 spiro atoms. The smallest absolute Gasteiger partial charge is 0.418 e. The molecular formula is C16H21F3N2O. The van der Waals surface area contributed by atoms with Gasteiger partial charge in [-0.2, -0.15) is 13.2 Å². The van der Waals surface area contributed by atoms with Crippen LogP contribution in [-0.2, 0) is 6.18 Å². The number of anilines is 1. The second-order valence-corrected chi connectivity index (χ2v) is 6.03. The van der Waals surface area contributed by atoms with Gasteiger partial charge < -0.3 is 15.0 Å². The van der Waals surface area contributed by atoms with Crippen LogP contribution in [0.1, 0.15) is 36.8 Å². The summed E-state index contributed by atoms with van der Waals surface area (Å²) in [6.45, 7) is 3.93. The fourth-order valence-electron chi connectivity index (χ4n) is 3.62. The second kappa shape index (κ2) is 5.65. The minimum atomic E-state index is -4.37. The highest BCUT2D eigenvalue weighted by Gasteiger charge is 2.45. The van der Waals surface area contributed by atoms with Gasteiger partial charge in [-0.1, -0.05) is 6.92 Å². The predicted molar refractivity (Wildman–Crippen MR) is 79.6 cm³/mol. The van der Waals surface area contributed by atoms with Crippen molar-refractivity contribution >= 4 is 5.69 Å². The van der Waals surface area contributed by atoms with Crippen LogP contribution in [-0.4, -0.2) is 32.8 Å². The normalized spacial score (nSPS) is 24.1. The maximum atomic E-state index is 13.5. The Morgan fingerprint density at radius 2 is 2.14 bits per heavy atom. The summed E-state index contributed by atoms with van der Waals surface area (Å²) in [6.07, 6.45) is -2.74. The van der Waals surface area contributed by atoms with Gasteiger partial charge in [-0.25, -0.2) is 0 Å². The van der Waals surface area contributed by atoms with Crippen molar-refractivity contribution in [2.75, 3.05) is 31.6 Å². The molecule has 3 rings (SSSR count). The summed E-state index contributed by atoms with van der Waals surface area (Å²) in [5.74, 6) is 0.424. The van der Waals surface area contributed by atoms with Crippen molar-refractivity contribution in [3.63, 3.8) is 0 Å². The summed E-state index contributed by atoms with van der Waals surface area (Å²) in [5.41, 5.74) is 0.517. The number of nitrogens with one attached hydrogen (secondary N) is 1. The first-order chi connectivity index (χ1) is 10.4. The molecule has 2 atom stereocenters. The zero-order chi connectivity index (χ0) is 15.9. The Balaban J connectivity index is 2.09. The summed E-state index contributed by atoms with van der Waals surface area (Å²) < 4.78 is 46.0. The van der Waals surface area contributed by atoms with Crippen LogP contribution in [0.5, 0.6) is 5.75 Å². The van der Waals surface area contributed by atoms with Gasteiger partial charge in [-0.3, -0.25) is 0 Å². The summed E-state index contributed by atoms with van der Waals surface area (Å²) >= 11 is 0. The van der Waals surface area contributed by atoms with Crippen LogP contribution >= 0.6 is 0 Å². The highest BCUT2D eigenvalue weighted by Crippen LogP contribution is 2.50. The van der Waals surface area contributed by atoms with Crippen molar-refractivity contribution in [3.8, 4) is 5.75 Å². The summed E-state index contributed by atoms with van der Waals surface area (Å²) in [6, 6.07) is 3.09. The van der Waals surface area contributed by atoms with E-state index in [1.54, 1.807) is 13.1 Å². The third-order valence-corrected chi connectivity index (χ3v) is 4.59. The quantitative estimate of drug-likeness (QED) is 0.925. The number of fused-ring (bicyclic) bond motifs is 3. The lowest BCUT2D eigenvalue weighted by Crippen LogP contribution is -2.42. The lowest BCUT2D eigenvalue weighted by Gasteiger charge is -2.31. The molecule has 0 aliphatic carbocycles. The van der Waals surface area contributed by atoms with Gasteiger partial charge >= 0.3 is 6.18 Å². The molecule has 0 aromatic heterocycles. The number of halogens is 3. The molecule has 122 valence electrons. The van der Waals surface area contributed by atoms with E-state index in [4.69, 9.17) is 4.74 Å². The molecule has 2 aliphatic rings. The van der Waals surface area contributed by atoms with E-state index in [0.717, 1.165) is 37.6 Å². The lowest BCUT2D eigenvalue weighted by atomic mass is 9.89. The fourth-order valence-corrected chi connectivity index (χ4v) is 3.62. The van der Waals surface area contributed by atoms with Crippen molar-refractivity contribution < 1.29 is 17.9 Å². The van der Waals surface area contributed by atoms with Crippen LogP contribution in [0.4, 0.5) is 18.9 Å². The lowest BCUT2D eigenvalue weighted by molar-refractivity contribution is -0.137. The van der Waals surface area contributed by atoms with E-state index in [9.17, 15) is 13.2 Å². The molecule has 1 aromatic carbocycles. The molecule has 2 heterocycles. The van der Waals surface area contributed by atoms with Crippen molar-refractivity contribution in [1.82, 2.24) is 5.32 Å². The number of ether oxygens (including phenoxy) is 1. The zero-order valence-electron chi connectivity index (χ0n) is 12.8. The van der Waals surface area contributed by atoms with E-state index in [2.05, 4.69) is 5.32 Å². The van der Waals surface area contributed by atoms with Gasteiger partial charge in [-0.05, 0) is 37.1 Å². The van der Waals surface area contributed by atoms with E-state index < -0.39 is 11.7 Å². The van der Waals surface area contributed by atoms with Crippen LogP contribution in [0.15, 0.2) is 12.1 Å². The van der Waals surface area contributed by atoms with Gasteiger partial charge in [0.05, 0.1) is 17.9 Å². The van der Waals surface area contributed by atoms with Gasteiger partial charge in [0.1, 0.15) is 5.75 Å². The van der Waals surface area contributed by atoms with Crippen molar-refractivity contribution in [2.24, 2.45) is 0 Å². The van der Waals surface area contributed by atoms with Gasteiger partial charge in [0.15, 0.2) is 0 Å². The van der Waals surface area contributed by atoms with Crippen molar-refractivity contribution in [2.45, 2.75) is 37.9 Å². The Kier molecular flexibility index (Phi) is 3.97. The van der Waals surface area contributed by atoms with Crippen LogP contribution in [0.2, 0.25) is 0 Å². The Morgan fingerprint density at radius 3 is 2.82 bits per heavy atom. The third kappa shape index (κ3) is 2.53. The van der Waals surface area contributed by atoms with Crippen molar-refractivity contribution in [1.29, 1.82) is 0 Å². The number of likely N-dealkylation sites (N-methyl/N-ethyl adjacent to an activating group) is 1. The highest BCUT2D eigenvalue weighted by molar-refractivity contribution is 5.69. The Bertz CT molecular complexity index is 559. The number of piperidine rings is 1. The topological polar surface area (TPSA) is 24.5 Å².